The van der Waals surface area contributed by atoms with E-state index in [1.165, 1.54) is 44.9 Å². The molecular weight excluding hydrogens is 474 g/mol. The fourth-order valence-electron chi connectivity index (χ4n) is 4.16. The molecular formula is C27H35N5O3S. The van der Waals surface area contributed by atoms with Gasteiger partial charge in [-0.3, -0.25) is 9.82 Å². The van der Waals surface area contributed by atoms with Crippen LogP contribution in [0.25, 0.3) is 28.3 Å². The molecule has 0 spiro atoms. The van der Waals surface area contributed by atoms with Gasteiger partial charge < -0.3 is 4.74 Å². The molecule has 4 aromatic rings. The van der Waals surface area contributed by atoms with Gasteiger partial charge in [-0.05, 0) is 30.7 Å². The molecule has 0 unspecified atom stereocenters. The lowest BCUT2D eigenvalue weighted by atomic mass is 10.1. The highest BCUT2D eigenvalue weighted by Gasteiger charge is 2.12. The summed E-state index contributed by atoms with van der Waals surface area (Å²) in [4.78, 5) is 4.60. The number of hydrogen-bond acceptors (Lipinski definition) is 5. The van der Waals surface area contributed by atoms with Gasteiger partial charge in [-0.15, -0.1) is 5.10 Å². The molecule has 2 aromatic carbocycles. The van der Waals surface area contributed by atoms with E-state index in [0.717, 1.165) is 41.9 Å². The minimum Gasteiger partial charge on any atom is -0.494 e. The number of fused-ring (bicyclic) bond motifs is 1. The topological polar surface area (TPSA) is 101 Å². The van der Waals surface area contributed by atoms with Crippen LogP contribution in [0.3, 0.4) is 0 Å². The highest BCUT2D eigenvalue weighted by atomic mass is 32.2. The molecule has 0 aliphatic heterocycles. The van der Waals surface area contributed by atoms with E-state index < -0.39 is 10.0 Å². The molecule has 36 heavy (non-hydrogen) atoms. The van der Waals surface area contributed by atoms with Crippen LogP contribution in [0.15, 0.2) is 54.6 Å². The summed E-state index contributed by atoms with van der Waals surface area (Å²) >= 11 is 0. The summed E-state index contributed by atoms with van der Waals surface area (Å²) in [5.41, 5.74) is 3.75. The monoisotopic (exact) mass is 509 g/mol. The second-order valence-corrected chi connectivity index (χ2v) is 10.9. The smallest absolute Gasteiger partial charge is 0.229 e. The number of aromatic amines is 1. The molecule has 0 fully saturated rings. The number of aromatic nitrogens is 4. The Morgan fingerprint density at radius 1 is 0.917 bits per heavy atom. The molecule has 2 heterocycles. The molecule has 0 amide bonds. The predicted molar refractivity (Wildman–Crippen MR) is 145 cm³/mol. The van der Waals surface area contributed by atoms with Crippen molar-refractivity contribution in [1.29, 1.82) is 0 Å². The zero-order valence-corrected chi connectivity index (χ0v) is 21.9. The van der Waals surface area contributed by atoms with Crippen molar-refractivity contribution in [3.63, 3.8) is 0 Å². The van der Waals surface area contributed by atoms with Crippen LogP contribution in [0.2, 0.25) is 0 Å². The summed E-state index contributed by atoms with van der Waals surface area (Å²) in [5.74, 6) is 1.36. The van der Waals surface area contributed by atoms with Crippen molar-refractivity contribution >= 4 is 21.4 Å². The molecule has 2 aromatic heterocycles. The average Bonchev–Trinajstić information content (AvgIpc) is 3.42. The van der Waals surface area contributed by atoms with Crippen molar-refractivity contribution in [3.05, 3.63) is 54.6 Å². The molecule has 2 N–H and O–H groups in total. The Kier molecular flexibility index (Phi) is 8.64. The SMILES string of the molecule is CCCCCCCCCCOc1cccc(-c2cc3nc(-c4cccc(NS(C)(=O)=O)c4)nn3[nH]2)c1. The third kappa shape index (κ3) is 7.34. The van der Waals surface area contributed by atoms with Crippen molar-refractivity contribution in [1.82, 2.24) is 19.8 Å². The minimum absolute atomic E-state index is 0.470. The maximum absolute atomic E-state index is 11.5. The number of unbranched alkanes of at least 4 members (excludes halogenated alkanes) is 7. The Balaban J connectivity index is 1.35. The van der Waals surface area contributed by atoms with Crippen LogP contribution in [0.5, 0.6) is 5.75 Å². The summed E-state index contributed by atoms with van der Waals surface area (Å²) < 4.78 is 33.1. The largest absolute Gasteiger partial charge is 0.494 e. The first-order chi connectivity index (χ1) is 17.4. The number of ether oxygens (including phenoxy) is 1. The van der Waals surface area contributed by atoms with E-state index >= 15 is 0 Å². The number of anilines is 1. The molecule has 0 atom stereocenters. The van der Waals surface area contributed by atoms with E-state index in [1.807, 2.05) is 36.4 Å². The quantitative estimate of drug-likeness (QED) is 0.195. The van der Waals surface area contributed by atoms with Gasteiger partial charge in [0.05, 0.1) is 18.6 Å². The molecule has 0 aliphatic rings. The second-order valence-electron chi connectivity index (χ2n) is 9.18. The number of rotatable bonds is 14. The van der Waals surface area contributed by atoms with E-state index in [2.05, 4.69) is 26.8 Å². The first kappa shape index (κ1) is 25.8. The molecule has 9 heteroatoms. The lowest BCUT2D eigenvalue weighted by Gasteiger charge is -2.07. The third-order valence-corrected chi connectivity index (χ3v) is 6.57. The first-order valence-corrected chi connectivity index (χ1v) is 14.6. The number of benzene rings is 2. The zero-order valence-electron chi connectivity index (χ0n) is 21.0. The van der Waals surface area contributed by atoms with E-state index in [1.54, 1.807) is 22.8 Å². The maximum atomic E-state index is 11.5. The van der Waals surface area contributed by atoms with E-state index in [-0.39, 0.29) is 0 Å². The lowest BCUT2D eigenvalue weighted by Crippen LogP contribution is -2.09. The van der Waals surface area contributed by atoms with Gasteiger partial charge in [0.15, 0.2) is 11.5 Å². The molecule has 0 saturated heterocycles. The second kappa shape index (κ2) is 12.1. The van der Waals surface area contributed by atoms with Gasteiger partial charge in [0.25, 0.3) is 0 Å². The van der Waals surface area contributed by atoms with Gasteiger partial charge >= 0.3 is 0 Å². The standard InChI is InChI=1S/C27H35N5O3S/c1-3-4-5-6-7-8-9-10-17-35-24-16-12-13-21(19-24)25-20-26-28-27(30-32(26)29-25)22-14-11-15-23(18-22)31-36(2,33)34/h11-16,18-20,29,31H,3-10,17H2,1-2H3. The predicted octanol–water partition coefficient (Wildman–Crippen LogP) is 6.28. The molecule has 0 saturated carbocycles. The molecule has 8 nitrogen and oxygen atoms in total. The number of hydrogen-bond donors (Lipinski definition) is 2. The van der Waals surface area contributed by atoms with Crippen LogP contribution in [-0.4, -0.2) is 41.1 Å². The van der Waals surface area contributed by atoms with Crippen molar-refractivity contribution in [2.24, 2.45) is 0 Å². The van der Waals surface area contributed by atoms with Crippen LogP contribution >= 0.6 is 0 Å². The van der Waals surface area contributed by atoms with Gasteiger partial charge in [0, 0.05) is 22.9 Å². The van der Waals surface area contributed by atoms with Crippen molar-refractivity contribution < 1.29 is 13.2 Å². The van der Waals surface area contributed by atoms with Crippen molar-refractivity contribution in [3.8, 4) is 28.4 Å². The van der Waals surface area contributed by atoms with Gasteiger partial charge in [0.1, 0.15) is 5.75 Å². The highest BCUT2D eigenvalue weighted by molar-refractivity contribution is 7.92. The molecule has 0 bridgehead atoms. The minimum atomic E-state index is -3.36. The Labute approximate surface area is 213 Å². The first-order valence-electron chi connectivity index (χ1n) is 12.7. The Morgan fingerprint density at radius 2 is 1.64 bits per heavy atom. The normalized spacial score (nSPS) is 11.7. The summed E-state index contributed by atoms with van der Waals surface area (Å²) in [6.45, 7) is 2.98. The Morgan fingerprint density at radius 3 is 2.39 bits per heavy atom. The summed E-state index contributed by atoms with van der Waals surface area (Å²) in [6.07, 6.45) is 11.4. The van der Waals surface area contributed by atoms with Crippen LogP contribution in [-0.2, 0) is 10.0 Å². The fourth-order valence-corrected chi connectivity index (χ4v) is 4.72. The van der Waals surface area contributed by atoms with Crippen LogP contribution in [0.1, 0.15) is 58.3 Å². The number of sulfonamides is 1. The van der Waals surface area contributed by atoms with Gasteiger partial charge in [-0.1, -0.05) is 76.1 Å². The number of nitrogens with one attached hydrogen (secondary N) is 2. The lowest BCUT2D eigenvalue weighted by molar-refractivity contribution is 0.304. The molecule has 0 radical (unpaired) electrons. The van der Waals surface area contributed by atoms with E-state index in [0.29, 0.717) is 17.2 Å². The van der Waals surface area contributed by atoms with Gasteiger partial charge in [0.2, 0.25) is 10.0 Å². The van der Waals surface area contributed by atoms with E-state index in [4.69, 9.17) is 4.74 Å². The molecule has 192 valence electrons. The number of nitrogens with zero attached hydrogens (tertiary/aromatic N) is 3. The average molecular weight is 510 g/mol. The Bertz CT molecular complexity index is 1350. The highest BCUT2D eigenvalue weighted by Crippen LogP contribution is 2.26. The maximum Gasteiger partial charge on any atom is 0.229 e. The van der Waals surface area contributed by atoms with Gasteiger partial charge in [-0.25, -0.2) is 13.4 Å². The van der Waals surface area contributed by atoms with Crippen LogP contribution < -0.4 is 9.46 Å². The molecule has 0 aliphatic carbocycles. The zero-order chi connectivity index (χ0) is 25.4. The number of H-pyrrole nitrogens is 1. The summed E-state index contributed by atoms with van der Waals surface area (Å²) in [5, 5.41) is 7.80. The summed E-state index contributed by atoms with van der Waals surface area (Å²) in [6, 6.07) is 17.0. The van der Waals surface area contributed by atoms with Crippen molar-refractivity contribution in [2.75, 3.05) is 17.6 Å². The van der Waals surface area contributed by atoms with Gasteiger partial charge in [-0.2, -0.15) is 4.63 Å². The third-order valence-electron chi connectivity index (χ3n) is 5.97. The summed E-state index contributed by atoms with van der Waals surface area (Å²) in [7, 11) is -3.36. The van der Waals surface area contributed by atoms with Crippen LogP contribution in [0, 0.1) is 0 Å². The van der Waals surface area contributed by atoms with Crippen LogP contribution in [0.4, 0.5) is 5.69 Å². The van der Waals surface area contributed by atoms with E-state index in [9.17, 15) is 8.42 Å². The Hall–Kier alpha value is -3.33. The van der Waals surface area contributed by atoms with Crippen molar-refractivity contribution in [2.45, 2.75) is 58.3 Å². The fraction of sp³-hybridized carbons (Fsp3) is 0.407. The molecule has 4 rings (SSSR count).